The second kappa shape index (κ2) is 5.17. The maximum absolute atomic E-state index is 12.1. The summed E-state index contributed by atoms with van der Waals surface area (Å²) in [6.07, 6.45) is 7.26. The van der Waals surface area contributed by atoms with E-state index in [1.807, 2.05) is 0 Å². The number of hydrogen-bond donors (Lipinski definition) is 2. The third-order valence-corrected chi connectivity index (χ3v) is 4.47. The van der Waals surface area contributed by atoms with E-state index in [1.54, 1.807) is 0 Å². The van der Waals surface area contributed by atoms with Crippen molar-refractivity contribution in [1.29, 1.82) is 0 Å². The zero-order valence-corrected chi connectivity index (χ0v) is 10.3. The van der Waals surface area contributed by atoms with E-state index in [0.717, 1.165) is 38.4 Å². The minimum absolute atomic E-state index is 0.111. The molecule has 1 saturated carbocycles. The lowest BCUT2D eigenvalue weighted by atomic mass is 9.82. The Balaban J connectivity index is 1.72. The van der Waals surface area contributed by atoms with Crippen LogP contribution in [0.3, 0.4) is 0 Å². The first-order chi connectivity index (χ1) is 7.77. The fraction of sp³-hybridized carbons (Fsp3) is 0.923. The van der Waals surface area contributed by atoms with Crippen LogP contribution in [0.5, 0.6) is 0 Å². The van der Waals surface area contributed by atoms with Crippen LogP contribution in [0.1, 0.15) is 45.4 Å². The van der Waals surface area contributed by atoms with E-state index in [4.69, 9.17) is 0 Å². The highest BCUT2D eigenvalue weighted by molar-refractivity contribution is 5.83. The molecule has 1 aliphatic carbocycles. The van der Waals surface area contributed by atoms with Crippen LogP contribution < -0.4 is 10.6 Å². The van der Waals surface area contributed by atoms with Gasteiger partial charge in [-0.3, -0.25) is 4.79 Å². The molecule has 1 saturated heterocycles. The first-order valence-electron chi connectivity index (χ1n) is 6.76. The monoisotopic (exact) mass is 224 g/mol. The lowest BCUT2D eigenvalue weighted by molar-refractivity contribution is -0.130. The van der Waals surface area contributed by atoms with Crippen molar-refractivity contribution in [1.82, 2.24) is 10.6 Å². The molecule has 1 unspecified atom stereocenters. The Morgan fingerprint density at radius 2 is 2.31 bits per heavy atom. The van der Waals surface area contributed by atoms with Crippen molar-refractivity contribution in [3.05, 3.63) is 0 Å². The van der Waals surface area contributed by atoms with Gasteiger partial charge in [0.05, 0.1) is 5.41 Å². The van der Waals surface area contributed by atoms with E-state index in [9.17, 15) is 4.79 Å². The van der Waals surface area contributed by atoms with Crippen molar-refractivity contribution in [2.24, 2.45) is 11.3 Å². The lowest BCUT2D eigenvalue weighted by Gasteiger charge is -2.28. The average molecular weight is 224 g/mol. The Morgan fingerprint density at radius 3 is 2.81 bits per heavy atom. The summed E-state index contributed by atoms with van der Waals surface area (Å²) in [5, 5.41) is 6.44. The second-order valence-electron chi connectivity index (χ2n) is 5.40. The highest BCUT2D eigenvalue weighted by Crippen LogP contribution is 2.31. The Morgan fingerprint density at radius 1 is 1.50 bits per heavy atom. The molecule has 0 bridgehead atoms. The van der Waals surface area contributed by atoms with Gasteiger partial charge in [0.15, 0.2) is 0 Å². The molecule has 1 aliphatic heterocycles. The summed E-state index contributed by atoms with van der Waals surface area (Å²) >= 11 is 0. The van der Waals surface area contributed by atoms with Crippen molar-refractivity contribution >= 4 is 5.91 Å². The van der Waals surface area contributed by atoms with Crippen LogP contribution in [-0.4, -0.2) is 25.5 Å². The number of carbonyl (C=O) groups excluding carboxylic acids is 1. The number of hydrogen-bond acceptors (Lipinski definition) is 2. The van der Waals surface area contributed by atoms with E-state index in [0.29, 0.717) is 0 Å². The van der Waals surface area contributed by atoms with Crippen LogP contribution in [-0.2, 0) is 4.79 Å². The van der Waals surface area contributed by atoms with Crippen molar-refractivity contribution in [3.8, 4) is 0 Å². The van der Waals surface area contributed by atoms with Gasteiger partial charge < -0.3 is 10.6 Å². The smallest absolute Gasteiger partial charge is 0.227 e. The minimum Gasteiger partial charge on any atom is -0.356 e. The van der Waals surface area contributed by atoms with Crippen LogP contribution in [0.15, 0.2) is 0 Å². The number of amides is 1. The van der Waals surface area contributed by atoms with Gasteiger partial charge in [-0.25, -0.2) is 0 Å². The molecular weight excluding hydrogens is 200 g/mol. The van der Waals surface area contributed by atoms with Gasteiger partial charge in [-0.2, -0.15) is 0 Å². The molecular formula is C13H24N2O. The predicted molar refractivity (Wildman–Crippen MR) is 65.2 cm³/mol. The summed E-state index contributed by atoms with van der Waals surface area (Å²) in [5.74, 6) is 1.17. The van der Waals surface area contributed by atoms with E-state index in [1.165, 1.54) is 25.7 Å². The van der Waals surface area contributed by atoms with Gasteiger partial charge in [-0.1, -0.05) is 26.2 Å². The molecule has 0 aromatic rings. The van der Waals surface area contributed by atoms with Gasteiger partial charge in [-0.05, 0) is 31.7 Å². The molecule has 16 heavy (non-hydrogen) atoms. The lowest BCUT2D eigenvalue weighted by Crippen LogP contribution is -2.42. The van der Waals surface area contributed by atoms with Crippen LogP contribution in [0.4, 0.5) is 0 Å². The molecule has 0 spiro atoms. The Bertz CT molecular complexity index is 242. The molecule has 3 heteroatoms. The summed E-state index contributed by atoms with van der Waals surface area (Å²) in [6, 6.07) is 0. The Labute approximate surface area is 98.4 Å². The highest BCUT2D eigenvalue weighted by Gasteiger charge is 2.39. The largest absolute Gasteiger partial charge is 0.356 e. The zero-order chi connectivity index (χ0) is 11.4. The summed E-state index contributed by atoms with van der Waals surface area (Å²) < 4.78 is 0. The molecule has 2 rings (SSSR count). The molecule has 2 aliphatic rings. The topological polar surface area (TPSA) is 41.1 Å². The predicted octanol–water partition coefficient (Wildman–Crippen LogP) is 1.68. The molecule has 2 N–H and O–H groups in total. The van der Waals surface area contributed by atoms with E-state index in [2.05, 4.69) is 17.6 Å². The van der Waals surface area contributed by atoms with Gasteiger partial charge in [0.2, 0.25) is 5.91 Å². The third-order valence-electron chi connectivity index (χ3n) is 4.47. The maximum Gasteiger partial charge on any atom is 0.227 e. The summed E-state index contributed by atoms with van der Waals surface area (Å²) in [4.78, 5) is 12.1. The molecule has 0 aromatic heterocycles. The van der Waals surface area contributed by atoms with Crippen molar-refractivity contribution in [3.63, 3.8) is 0 Å². The molecule has 0 aromatic carbocycles. The maximum atomic E-state index is 12.1. The van der Waals surface area contributed by atoms with Gasteiger partial charge >= 0.3 is 0 Å². The van der Waals surface area contributed by atoms with Crippen LogP contribution in [0.25, 0.3) is 0 Å². The SMILES string of the molecule is CCC1(C(=O)NCCC2CCC2)CCNC1. The van der Waals surface area contributed by atoms with E-state index >= 15 is 0 Å². The van der Waals surface area contributed by atoms with Gasteiger partial charge in [-0.15, -0.1) is 0 Å². The Kier molecular flexibility index (Phi) is 3.85. The highest BCUT2D eigenvalue weighted by atomic mass is 16.2. The van der Waals surface area contributed by atoms with Gasteiger partial charge in [0, 0.05) is 13.1 Å². The zero-order valence-electron chi connectivity index (χ0n) is 10.3. The number of rotatable bonds is 5. The second-order valence-corrected chi connectivity index (χ2v) is 5.40. The minimum atomic E-state index is -0.111. The van der Waals surface area contributed by atoms with Gasteiger partial charge in [0.25, 0.3) is 0 Å². The fourth-order valence-electron chi connectivity index (χ4n) is 2.76. The van der Waals surface area contributed by atoms with Crippen molar-refractivity contribution in [2.45, 2.75) is 45.4 Å². The molecule has 92 valence electrons. The average Bonchev–Trinajstić information content (AvgIpc) is 2.71. The summed E-state index contributed by atoms with van der Waals surface area (Å²) in [6.45, 7) is 4.85. The molecule has 3 nitrogen and oxygen atoms in total. The third kappa shape index (κ3) is 2.40. The normalized spacial score (nSPS) is 30.1. The quantitative estimate of drug-likeness (QED) is 0.746. The molecule has 2 fully saturated rings. The molecule has 0 radical (unpaired) electrons. The fourth-order valence-corrected chi connectivity index (χ4v) is 2.76. The molecule has 1 amide bonds. The van der Waals surface area contributed by atoms with E-state index in [-0.39, 0.29) is 11.3 Å². The van der Waals surface area contributed by atoms with Crippen LogP contribution >= 0.6 is 0 Å². The number of carbonyl (C=O) groups is 1. The van der Waals surface area contributed by atoms with E-state index < -0.39 is 0 Å². The van der Waals surface area contributed by atoms with Crippen LogP contribution in [0, 0.1) is 11.3 Å². The standard InChI is InChI=1S/C13H24N2O/c1-2-13(7-9-14-10-13)12(16)15-8-6-11-4-3-5-11/h11,14H,2-10H2,1H3,(H,15,16). The van der Waals surface area contributed by atoms with Crippen molar-refractivity contribution < 1.29 is 4.79 Å². The van der Waals surface area contributed by atoms with Gasteiger partial charge in [0.1, 0.15) is 0 Å². The summed E-state index contributed by atoms with van der Waals surface area (Å²) in [7, 11) is 0. The first-order valence-corrected chi connectivity index (χ1v) is 6.76. The number of nitrogens with one attached hydrogen (secondary N) is 2. The molecule has 1 heterocycles. The first kappa shape index (κ1) is 11.9. The summed E-state index contributed by atoms with van der Waals surface area (Å²) in [5.41, 5.74) is -0.111. The Hall–Kier alpha value is -0.570. The molecule has 1 atom stereocenters. The van der Waals surface area contributed by atoms with Crippen molar-refractivity contribution in [2.75, 3.05) is 19.6 Å². The van der Waals surface area contributed by atoms with Crippen LogP contribution in [0.2, 0.25) is 0 Å².